The largest absolute Gasteiger partial charge is 0.488 e. The Labute approximate surface area is 151 Å². The second-order valence-corrected chi connectivity index (χ2v) is 5.33. The summed E-state index contributed by atoms with van der Waals surface area (Å²) in [6.07, 6.45) is -34.6. The Balaban J connectivity index is 6.27. The molecule has 0 fully saturated rings. The third-order valence-corrected chi connectivity index (χ3v) is 3.30. The van der Waals surface area contributed by atoms with E-state index in [9.17, 15) is 61.5 Å². The van der Waals surface area contributed by atoms with E-state index in [4.69, 9.17) is 10.2 Å². The third kappa shape index (κ3) is 5.35. The molecule has 17 heteroatoms. The van der Waals surface area contributed by atoms with E-state index in [1.165, 1.54) is 0 Å². The van der Waals surface area contributed by atoms with E-state index >= 15 is 0 Å². The van der Waals surface area contributed by atoms with Gasteiger partial charge in [-0.25, -0.2) is 8.78 Å². The van der Waals surface area contributed by atoms with Crippen molar-refractivity contribution in [3.8, 4) is 0 Å². The molecule has 0 aliphatic heterocycles. The van der Waals surface area contributed by atoms with Crippen LogP contribution in [0.1, 0.15) is 6.42 Å². The topological polar surface area (TPSA) is 49.7 Å². The average Bonchev–Trinajstić information content (AvgIpc) is 2.48. The van der Waals surface area contributed by atoms with E-state index in [1.54, 1.807) is 0 Å². The fourth-order valence-corrected chi connectivity index (χ4v) is 1.82. The number of hydrogen-bond donors (Lipinski definition) is 2. The zero-order valence-corrected chi connectivity index (χ0v) is 13.4. The van der Waals surface area contributed by atoms with Gasteiger partial charge in [-0.3, -0.25) is 0 Å². The molecule has 0 aliphatic carbocycles. The van der Waals surface area contributed by atoms with Gasteiger partial charge in [-0.15, -0.1) is 0 Å². The zero-order valence-electron chi connectivity index (χ0n) is 13.4. The molecular formula is C12H10F14O3. The van der Waals surface area contributed by atoms with Crippen LogP contribution in [0.5, 0.6) is 0 Å². The molecule has 0 aromatic heterocycles. The van der Waals surface area contributed by atoms with Gasteiger partial charge in [0.2, 0.25) is 0 Å². The van der Waals surface area contributed by atoms with Crippen LogP contribution in [0.3, 0.4) is 0 Å². The van der Waals surface area contributed by atoms with Crippen LogP contribution >= 0.6 is 0 Å². The van der Waals surface area contributed by atoms with Crippen LogP contribution in [0.4, 0.5) is 61.5 Å². The standard InChI is InChI=1S/C12H10F14O3/c13-7(9(15,16)17,10(18,19)20)3-5(4-28)29-6(1-2-27)8(14,11(21,22)23)12(24,25)26/h1,5,27-28H,2-4H2/b6-1-. The van der Waals surface area contributed by atoms with Gasteiger partial charge in [0, 0.05) is 6.42 Å². The van der Waals surface area contributed by atoms with Crippen LogP contribution in [0.25, 0.3) is 0 Å². The summed E-state index contributed by atoms with van der Waals surface area (Å²) in [7, 11) is 0. The summed E-state index contributed by atoms with van der Waals surface area (Å²) in [4.78, 5) is 0. The monoisotopic (exact) mass is 468 g/mol. The highest BCUT2D eigenvalue weighted by molar-refractivity contribution is 5.19. The molecule has 0 aromatic rings. The number of aliphatic hydroxyl groups is 2. The molecule has 2 N–H and O–H groups in total. The second-order valence-electron chi connectivity index (χ2n) is 5.33. The summed E-state index contributed by atoms with van der Waals surface area (Å²) >= 11 is 0. The minimum absolute atomic E-state index is 0.704. The third-order valence-electron chi connectivity index (χ3n) is 3.30. The first-order valence-electron chi connectivity index (χ1n) is 6.84. The summed E-state index contributed by atoms with van der Waals surface area (Å²) < 4.78 is 182. The predicted molar refractivity (Wildman–Crippen MR) is 63.6 cm³/mol. The SMILES string of the molecule is OC/C=C(\OC(CO)CC(F)(C(F)(F)F)C(F)(F)F)C(F)(C(F)(F)F)C(F)(F)F. The van der Waals surface area contributed by atoms with Gasteiger partial charge in [0.25, 0.3) is 0 Å². The van der Waals surface area contributed by atoms with Crippen molar-refractivity contribution in [3.63, 3.8) is 0 Å². The highest BCUT2D eigenvalue weighted by atomic mass is 19.4. The molecule has 0 radical (unpaired) electrons. The Morgan fingerprint density at radius 3 is 1.31 bits per heavy atom. The molecule has 0 aliphatic rings. The van der Waals surface area contributed by atoms with E-state index in [-0.39, 0.29) is 0 Å². The Morgan fingerprint density at radius 1 is 0.690 bits per heavy atom. The van der Waals surface area contributed by atoms with Gasteiger partial charge in [-0.05, 0) is 6.08 Å². The first-order valence-corrected chi connectivity index (χ1v) is 6.84. The lowest BCUT2D eigenvalue weighted by atomic mass is 9.96. The maximum Gasteiger partial charge on any atom is 0.439 e. The van der Waals surface area contributed by atoms with Crippen LogP contribution in [0, 0.1) is 0 Å². The van der Waals surface area contributed by atoms with E-state index in [2.05, 4.69) is 4.74 Å². The quantitative estimate of drug-likeness (QED) is 0.433. The van der Waals surface area contributed by atoms with Gasteiger partial charge in [-0.2, -0.15) is 52.7 Å². The van der Waals surface area contributed by atoms with Crippen molar-refractivity contribution in [2.45, 2.75) is 48.6 Å². The van der Waals surface area contributed by atoms with E-state index in [0.717, 1.165) is 0 Å². The van der Waals surface area contributed by atoms with Crippen LogP contribution in [-0.2, 0) is 4.74 Å². The van der Waals surface area contributed by atoms with E-state index < -0.39 is 73.6 Å². The lowest BCUT2D eigenvalue weighted by Gasteiger charge is -2.36. The lowest BCUT2D eigenvalue weighted by molar-refractivity contribution is -0.353. The smallest absolute Gasteiger partial charge is 0.439 e. The highest BCUT2D eigenvalue weighted by Crippen LogP contribution is 2.53. The Kier molecular flexibility index (Phi) is 7.88. The first-order chi connectivity index (χ1) is 12.6. The molecule has 0 saturated carbocycles. The van der Waals surface area contributed by atoms with Crippen molar-refractivity contribution in [2.75, 3.05) is 13.2 Å². The number of rotatable bonds is 7. The Hall–Kier alpha value is -1.52. The number of alkyl halides is 14. The van der Waals surface area contributed by atoms with Gasteiger partial charge in [-0.1, -0.05) is 0 Å². The van der Waals surface area contributed by atoms with Gasteiger partial charge < -0.3 is 14.9 Å². The second kappa shape index (κ2) is 8.31. The van der Waals surface area contributed by atoms with Crippen molar-refractivity contribution in [2.24, 2.45) is 0 Å². The van der Waals surface area contributed by atoms with Crippen LogP contribution in [0.15, 0.2) is 11.8 Å². The summed E-state index contributed by atoms with van der Waals surface area (Å²) in [5.74, 6) is -3.04. The van der Waals surface area contributed by atoms with Crippen molar-refractivity contribution in [1.29, 1.82) is 0 Å². The summed E-state index contributed by atoms with van der Waals surface area (Å²) in [5, 5.41) is 17.2. The molecule has 0 bridgehead atoms. The number of hydrogen-bond acceptors (Lipinski definition) is 3. The van der Waals surface area contributed by atoms with Gasteiger partial charge >= 0.3 is 36.0 Å². The molecule has 0 amide bonds. The predicted octanol–water partition coefficient (Wildman–Crippen LogP) is 4.30. The average molecular weight is 468 g/mol. The summed E-state index contributed by atoms with van der Waals surface area (Å²) in [5.41, 5.74) is -12.8. The summed E-state index contributed by atoms with van der Waals surface area (Å²) in [6.45, 7) is -4.04. The minimum atomic E-state index is -6.92. The van der Waals surface area contributed by atoms with Crippen molar-refractivity contribution >= 4 is 0 Å². The molecule has 0 spiro atoms. The molecule has 1 atom stereocenters. The zero-order chi connectivity index (χ0) is 23.7. The van der Waals surface area contributed by atoms with Crippen molar-refractivity contribution in [3.05, 3.63) is 11.8 Å². The maximum atomic E-state index is 13.9. The molecule has 174 valence electrons. The number of ether oxygens (including phenoxy) is 1. The lowest BCUT2D eigenvalue weighted by Crippen LogP contribution is -2.57. The first kappa shape index (κ1) is 27.5. The van der Waals surface area contributed by atoms with Gasteiger partial charge in [0.05, 0.1) is 13.2 Å². The van der Waals surface area contributed by atoms with Crippen LogP contribution in [-0.4, -0.2) is 65.6 Å². The number of allylic oxidation sites excluding steroid dienone is 1. The molecule has 0 saturated heterocycles. The van der Waals surface area contributed by atoms with Crippen LogP contribution < -0.4 is 0 Å². The van der Waals surface area contributed by atoms with Crippen molar-refractivity contribution in [1.82, 2.24) is 0 Å². The molecule has 1 unspecified atom stereocenters. The minimum Gasteiger partial charge on any atom is -0.488 e. The highest BCUT2D eigenvalue weighted by Gasteiger charge is 2.77. The van der Waals surface area contributed by atoms with Gasteiger partial charge in [0.1, 0.15) is 6.10 Å². The maximum absolute atomic E-state index is 13.9. The summed E-state index contributed by atoms with van der Waals surface area (Å²) in [6, 6.07) is 0. The normalized spacial score (nSPS) is 16.8. The van der Waals surface area contributed by atoms with Gasteiger partial charge in [0.15, 0.2) is 5.76 Å². The molecule has 0 rings (SSSR count). The Bertz CT molecular complexity index is 542. The van der Waals surface area contributed by atoms with Crippen LogP contribution in [0.2, 0.25) is 0 Å². The molecule has 3 nitrogen and oxygen atoms in total. The Morgan fingerprint density at radius 2 is 1.07 bits per heavy atom. The van der Waals surface area contributed by atoms with Crippen molar-refractivity contribution < 1.29 is 76.4 Å². The van der Waals surface area contributed by atoms with E-state index in [0.29, 0.717) is 0 Å². The molecule has 29 heavy (non-hydrogen) atoms. The molecule has 0 heterocycles. The fourth-order valence-electron chi connectivity index (χ4n) is 1.82. The number of halogens is 14. The molecule has 0 aromatic carbocycles. The molecular weight excluding hydrogens is 458 g/mol. The number of aliphatic hydroxyl groups excluding tert-OH is 2. The van der Waals surface area contributed by atoms with E-state index in [1.807, 2.05) is 0 Å². The fraction of sp³-hybridized carbons (Fsp3) is 0.833.